The van der Waals surface area contributed by atoms with Gasteiger partial charge in [0.1, 0.15) is 12.5 Å². The van der Waals surface area contributed by atoms with E-state index in [0.717, 1.165) is 24.0 Å². The van der Waals surface area contributed by atoms with Crippen molar-refractivity contribution in [2.24, 2.45) is 0 Å². The highest BCUT2D eigenvalue weighted by Crippen LogP contribution is 2.36. The maximum atomic E-state index is 13.2. The number of aromatic nitrogens is 3. The Hall–Kier alpha value is -4.23. The van der Waals surface area contributed by atoms with Gasteiger partial charge >= 0.3 is 12.1 Å². The molecule has 10 nitrogen and oxygen atoms in total. The largest absolute Gasteiger partial charge is 0.490 e. The van der Waals surface area contributed by atoms with Crippen LogP contribution in [-0.4, -0.2) is 69.8 Å². The van der Waals surface area contributed by atoms with Crippen LogP contribution < -0.4 is 15.5 Å². The fraction of sp³-hybridized carbons (Fsp3) is 0.318. The van der Waals surface area contributed by atoms with E-state index in [9.17, 15) is 27.2 Å². The fourth-order valence-corrected chi connectivity index (χ4v) is 3.79. The number of benzene rings is 1. The summed E-state index contributed by atoms with van der Waals surface area (Å²) in [5.74, 6) is -2.53. The molecule has 5 rings (SSSR count). The predicted molar refractivity (Wildman–Crippen MR) is 120 cm³/mol. The molecule has 1 fully saturated rings. The van der Waals surface area contributed by atoms with Crippen LogP contribution in [0.5, 0.6) is 0 Å². The summed E-state index contributed by atoms with van der Waals surface area (Å²) in [4.78, 5) is 39.2. The standard InChI is InChI=1S/C20H19FN6O2.C2HF3O2/c1-22-15-8-18(26-6-5-12-11(10-28)3-2-4-16(12)26)25-27-17(9-23-19(15)27)20(29)24-14-7-13(14)21;3-2(4,5)1(6)7/h2-4,8-10,13-14,22H,5-7H2,1H3,(H,24,29);(H,6,7)/t13-,14+;/m0./s1. The zero-order valence-corrected chi connectivity index (χ0v) is 18.7. The van der Waals surface area contributed by atoms with E-state index in [1.54, 1.807) is 13.1 Å². The Morgan fingerprint density at radius 1 is 1.28 bits per heavy atom. The van der Waals surface area contributed by atoms with Crippen molar-refractivity contribution in [3.63, 3.8) is 0 Å². The lowest BCUT2D eigenvalue weighted by Crippen LogP contribution is -2.28. The van der Waals surface area contributed by atoms with Gasteiger partial charge in [-0.25, -0.2) is 18.7 Å². The number of fused-ring (bicyclic) bond motifs is 2. The molecule has 1 aliphatic carbocycles. The molecule has 36 heavy (non-hydrogen) atoms. The number of carboxylic acids is 1. The van der Waals surface area contributed by atoms with Crippen LogP contribution in [0.3, 0.4) is 0 Å². The molecule has 1 saturated carbocycles. The van der Waals surface area contributed by atoms with Crippen LogP contribution >= 0.6 is 0 Å². The molecule has 1 aliphatic heterocycles. The summed E-state index contributed by atoms with van der Waals surface area (Å²) >= 11 is 0. The molecule has 0 bridgehead atoms. The van der Waals surface area contributed by atoms with Crippen molar-refractivity contribution in [1.82, 2.24) is 19.9 Å². The SMILES string of the molecule is CNc1cc(N2CCc3c(C=O)cccc32)nn2c(C(=O)N[C@@H]3C[C@@H]3F)cnc12.O=C(O)C(F)(F)F. The summed E-state index contributed by atoms with van der Waals surface area (Å²) in [5, 5.41) is 17.5. The molecule has 3 aromatic rings. The van der Waals surface area contributed by atoms with E-state index in [1.165, 1.54) is 10.7 Å². The minimum atomic E-state index is -5.08. The lowest BCUT2D eigenvalue weighted by Gasteiger charge is -2.20. The quantitative estimate of drug-likeness (QED) is 0.355. The monoisotopic (exact) mass is 508 g/mol. The van der Waals surface area contributed by atoms with Crippen LogP contribution in [0.25, 0.3) is 5.65 Å². The number of hydrogen-bond acceptors (Lipinski definition) is 7. The van der Waals surface area contributed by atoms with Crippen molar-refractivity contribution in [1.29, 1.82) is 0 Å². The summed E-state index contributed by atoms with van der Waals surface area (Å²) in [6.45, 7) is 0.670. The number of aliphatic carboxylic acids is 1. The summed E-state index contributed by atoms with van der Waals surface area (Å²) in [6, 6.07) is 7.03. The maximum absolute atomic E-state index is 13.2. The summed E-state index contributed by atoms with van der Waals surface area (Å²) < 4.78 is 46.4. The minimum absolute atomic E-state index is 0.249. The van der Waals surface area contributed by atoms with Crippen molar-refractivity contribution in [2.45, 2.75) is 31.2 Å². The number of rotatable bonds is 5. The number of amides is 1. The zero-order valence-electron chi connectivity index (χ0n) is 18.7. The van der Waals surface area contributed by atoms with Gasteiger partial charge in [-0.2, -0.15) is 13.2 Å². The number of hydrogen-bond donors (Lipinski definition) is 3. The summed E-state index contributed by atoms with van der Waals surface area (Å²) in [6.07, 6.45) is -2.68. The van der Waals surface area contributed by atoms with Crippen molar-refractivity contribution in [3.05, 3.63) is 47.3 Å². The number of aldehydes is 1. The summed E-state index contributed by atoms with van der Waals surface area (Å²) in [7, 11) is 1.77. The molecule has 190 valence electrons. The van der Waals surface area contributed by atoms with Crippen molar-refractivity contribution >= 4 is 41.0 Å². The van der Waals surface area contributed by atoms with E-state index < -0.39 is 30.3 Å². The first kappa shape index (κ1) is 24.9. The van der Waals surface area contributed by atoms with E-state index in [-0.39, 0.29) is 5.69 Å². The van der Waals surface area contributed by atoms with Gasteiger partial charge in [-0.15, -0.1) is 5.10 Å². The Morgan fingerprint density at radius 2 is 1.97 bits per heavy atom. The van der Waals surface area contributed by atoms with Gasteiger partial charge in [0.05, 0.1) is 17.9 Å². The highest BCUT2D eigenvalue weighted by molar-refractivity contribution is 5.94. The van der Waals surface area contributed by atoms with E-state index in [2.05, 4.69) is 20.7 Å². The fourth-order valence-electron chi connectivity index (χ4n) is 3.79. The topological polar surface area (TPSA) is 129 Å². The maximum Gasteiger partial charge on any atom is 0.490 e. The molecule has 0 radical (unpaired) electrons. The van der Waals surface area contributed by atoms with Crippen molar-refractivity contribution in [2.75, 3.05) is 23.8 Å². The zero-order chi connectivity index (χ0) is 26.2. The summed E-state index contributed by atoms with van der Waals surface area (Å²) in [5.41, 5.74) is 4.06. The van der Waals surface area contributed by atoms with Gasteiger partial charge in [0.25, 0.3) is 5.91 Å². The van der Waals surface area contributed by atoms with Gasteiger partial charge in [-0.05, 0) is 18.1 Å². The average Bonchev–Trinajstić information content (AvgIpc) is 3.22. The number of carboxylic acid groups (broad SMARTS) is 1. The molecule has 3 heterocycles. The molecular formula is C22H20F4N6O4. The van der Waals surface area contributed by atoms with Crippen LogP contribution in [0.1, 0.15) is 32.8 Å². The van der Waals surface area contributed by atoms with Gasteiger partial charge in [0.2, 0.25) is 0 Å². The number of halogens is 4. The van der Waals surface area contributed by atoms with Crippen LogP contribution in [0.2, 0.25) is 0 Å². The van der Waals surface area contributed by atoms with Crippen LogP contribution in [-0.2, 0) is 11.2 Å². The second kappa shape index (κ2) is 9.43. The molecule has 0 spiro atoms. The normalized spacial score (nSPS) is 18.2. The van der Waals surface area contributed by atoms with E-state index in [1.807, 2.05) is 23.1 Å². The molecule has 1 aromatic carbocycles. The molecule has 0 saturated heterocycles. The van der Waals surface area contributed by atoms with Gasteiger partial charge < -0.3 is 20.6 Å². The highest BCUT2D eigenvalue weighted by atomic mass is 19.4. The van der Waals surface area contributed by atoms with Crippen LogP contribution in [0, 0.1) is 0 Å². The predicted octanol–water partition coefficient (Wildman–Crippen LogP) is 2.75. The van der Waals surface area contributed by atoms with Crippen molar-refractivity contribution < 1.29 is 37.1 Å². The van der Waals surface area contributed by atoms with E-state index in [0.29, 0.717) is 35.7 Å². The smallest absolute Gasteiger partial charge is 0.475 e. The molecular weight excluding hydrogens is 488 g/mol. The Balaban J connectivity index is 0.000000384. The second-order valence-electron chi connectivity index (χ2n) is 8.04. The average molecular weight is 508 g/mol. The number of alkyl halides is 4. The molecule has 2 atom stereocenters. The lowest BCUT2D eigenvalue weighted by molar-refractivity contribution is -0.192. The number of imidazole rings is 1. The molecule has 1 amide bonds. The number of nitrogens with zero attached hydrogens (tertiary/aromatic N) is 4. The Labute approximate surface area is 200 Å². The van der Waals surface area contributed by atoms with Gasteiger partial charge in [0.15, 0.2) is 17.2 Å². The van der Waals surface area contributed by atoms with E-state index >= 15 is 0 Å². The van der Waals surface area contributed by atoms with E-state index in [4.69, 9.17) is 9.90 Å². The third kappa shape index (κ3) is 4.78. The number of carbonyl (C=O) groups is 3. The van der Waals surface area contributed by atoms with Crippen LogP contribution in [0.4, 0.5) is 34.8 Å². The third-order valence-electron chi connectivity index (χ3n) is 5.70. The molecule has 3 N–H and O–H groups in total. The Morgan fingerprint density at radius 3 is 2.56 bits per heavy atom. The van der Waals surface area contributed by atoms with Gasteiger partial charge in [-0.3, -0.25) is 9.59 Å². The van der Waals surface area contributed by atoms with Crippen LogP contribution in [0.15, 0.2) is 30.5 Å². The molecule has 2 aromatic heterocycles. The minimum Gasteiger partial charge on any atom is -0.475 e. The number of anilines is 3. The number of nitrogens with one attached hydrogen (secondary N) is 2. The molecule has 14 heteroatoms. The Bertz CT molecular complexity index is 1340. The van der Waals surface area contributed by atoms with Crippen molar-refractivity contribution in [3.8, 4) is 0 Å². The molecule has 2 aliphatic rings. The highest BCUT2D eigenvalue weighted by Gasteiger charge is 2.39. The second-order valence-corrected chi connectivity index (χ2v) is 8.04. The first-order valence-electron chi connectivity index (χ1n) is 10.7. The first-order valence-corrected chi connectivity index (χ1v) is 10.7. The van der Waals surface area contributed by atoms with Gasteiger partial charge in [-0.1, -0.05) is 12.1 Å². The lowest BCUT2D eigenvalue weighted by atomic mass is 10.1. The first-order chi connectivity index (χ1) is 17.0. The van der Waals surface area contributed by atoms with Gasteiger partial charge in [0, 0.05) is 37.3 Å². The number of carbonyl (C=O) groups excluding carboxylic acids is 2. The molecule has 0 unspecified atom stereocenters. The third-order valence-corrected chi connectivity index (χ3v) is 5.70. The Kier molecular flexibility index (Phi) is 6.52.